The molecule has 0 fully saturated rings. The Morgan fingerprint density at radius 3 is 2.43 bits per heavy atom. The highest BCUT2D eigenvalue weighted by Gasteiger charge is 2.41. The Hall–Kier alpha value is -2.34. The van der Waals surface area contributed by atoms with Crippen molar-refractivity contribution in [2.45, 2.75) is 44.6 Å². The maximum atomic E-state index is 13.7. The summed E-state index contributed by atoms with van der Waals surface area (Å²) in [6, 6.07) is -0.594. The number of fused-ring (bicyclic) bond motifs is 1. The van der Waals surface area contributed by atoms with Gasteiger partial charge in [-0.05, 0) is 25.0 Å². The lowest BCUT2D eigenvalue weighted by Gasteiger charge is -2.34. The Kier molecular flexibility index (Phi) is 7.02. The molecule has 3 rings (SSSR count). The average molecular weight is 458 g/mol. The molecule has 1 amide bonds. The summed E-state index contributed by atoms with van der Waals surface area (Å²) in [5, 5.41) is 6.73. The summed E-state index contributed by atoms with van der Waals surface area (Å²) in [6.45, 7) is 1.36. The van der Waals surface area contributed by atoms with Gasteiger partial charge in [-0.3, -0.25) is 4.79 Å². The van der Waals surface area contributed by atoms with E-state index >= 15 is 0 Å². The molecular weight excluding hydrogens is 440 g/mol. The van der Waals surface area contributed by atoms with Crippen LogP contribution in [0.1, 0.15) is 36.6 Å². The first-order valence-electron chi connectivity index (χ1n) is 8.67. The lowest BCUT2D eigenvalue weighted by Crippen LogP contribution is -2.44. The molecule has 1 aliphatic heterocycles. The number of alkyl halides is 3. The van der Waals surface area contributed by atoms with Crippen molar-refractivity contribution in [3.63, 3.8) is 0 Å². The number of nitrogens with zero attached hydrogens (tertiary/aromatic N) is 4. The zero-order chi connectivity index (χ0) is 21.5. The van der Waals surface area contributed by atoms with Gasteiger partial charge in [0.05, 0.1) is 6.04 Å². The zero-order valence-electron chi connectivity index (χ0n) is 15.6. The van der Waals surface area contributed by atoms with Gasteiger partial charge in [-0.15, -0.1) is 22.6 Å². The summed E-state index contributed by atoms with van der Waals surface area (Å²) in [4.78, 5) is 13.9. The standard InChI is InChI=1S/C17H17F6N5O.ClH/c1-8-15-25-26-16(17(21,22)23)28(15)3-2-27(8)14(29)6-10(24)4-9-5-12(19)13(20)7-11(9)18;/h5,7-8,10H,2-4,6,24H2,1H3;1H/t8-,10-;/m1./s1. The van der Waals surface area contributed by atoms with Crippen LogP contribution in [0.5, 0.6) is 0 Å². The Balaban J connectivity index is 0.00000320. The maximum Gasteiger partial charge on any atom is 0.451 e. The molecule has 166 valence electrons. The van der Waals surface area contributed by atoms with Crippen LogP contribution >= 0.6 is 12.4 Å². The van der Waals surface area contributed by atoms with E-state index in [1.165, 1.54) is 11.8 Å². The van der Waals surface area contributed by atoms with Crippen molar-refractivity contribution in [1.29, 1.82) is 0 Å². The molecule has 0 saturated carbocycles. The van der Waals surface area contributed by atoms with Crippen LogP contribution in [0, 0.1) is 17.5 Å². The van der Waals surface area contributed by atoms with Gasteiger partial charge in [0.1, 0.15) is 5.82 Å². The lowest BCUT2D eigenvalue weighted by atomic mass is 10.0. The van der Waals surface area contributed by atoms with Crippen LogP contribution < -0.4 is 5.73 Å². The van der Waals surface area contributed by atoms with Gasteiger partial charge in [-0.1, -0.05) is 0 Å². The van der Waals surface area contributed by atoms with E-state index in [1.807, 2.05) is 0 Å². The van der Waals surface area contributed by atoms with Crippen LogP contribution in [-0.4, -0.2) is 38.2 Å². The number of rotatable bonds is 4. The third-order valence-corrected chi connectivity index (χ3v) is 4.77. The summed E-state index contributed by atoms with van der Waals surface area (Å²) in [7, 11) is 0. The van der Waals surface area contributed by atoms with Crippen molar-refractivity contribution in [1.82, 2.24) is 19.7 Å². The molecule has 6 nitrogen and oxygen atoms in total. The average Bonchev–Trinajstić information content (AvgIpc) is 3.05. The molecule has 0 saturated heterocycles. The second-order valence-electron chi connectivity index (χ2n) is 6.82. The topological polar surface area (TPSA) is 77.0 Å². The first-order chi connectivity index (χ1) is 13.5. The molecule has 0 unspecified atom stereocenters. The summed E-state index contributed by atoms with van der Waals surface area (Å²) in [6.07, 6.45) is -5.14. The number of amides is 1. The van der Waals surface area contributed by atoms with E-state index in [4.69, 9.17) is 5.73 Å². The molecule has 13 heteroatoms. The first-order valence-corrected chi connectivity index (χ1v) is 8.67. The summed E-state index contributed by atoms with van der Waals surface area (Å²) in [5.41, 5.74) is 5.68. The van der Waals surface area contributed by atoms with Crippen LogP contribution in [0.25, 0.3) is 0 Å². The molecule has 2 aromatic rings. The van der Waals surface area contributed by atoms with E-state index in [9.17, 15) is 31.1 Å². The number of carbonyl (C=O) groups is 1. The number of carbonyl (C=O) groups excluding carboxylic acids is 1. The largest absolute Gasteiger partial charge is 0.451 e. The van der Waals surface area contributed by atoms with Crippen LogP contribution in [0.2, 0.25) is 0 Å². The van der Waals surface area contributed by atoms with Crippen molar-refractivity contribution >= 4 is 18.3 Å². The number of benzene rings is 1. The number of hydrogen-bond acceptors (Lipinski definition) is 4. The van der Waals surface area contributed by atoms with Gasteiger partial charge in [-0.2, -0.15) is 13.2 Å². The number of nitrogens with two attached hydrogens (primary N) is 1. The third-order valence-electron chi connectivity index (χ3n) is 4.77. The Morgan fingerprint density at radius 2 is 1.80 bits per heavy atom. The van der Waals surface area contributed by atoms with Gasteiger partial charge < -0.3 is 15.2 Å². The quantitative estimate of drug-likeness (QED) is 0.565. The molecule has 1 aliphatic rings. The van der Waals surface area contributed by atoms with Crippen molar-refractivity contribution < 1.29 is 31.1 Å². The second-order valence-corrected chi connectivity index (χ2v) is 6.82. The van der Waals surface area contributed by atoms with Crippen molar-refractivity contribution in [3.8, 4) is 0 Å². The highest BCUT2D eigenvalue weighted by Crippen LogP contribution is 2.33. The fraction of sp³-hybridized carbons (Fsp3) is 0.471. The normalized spacial score (nSPS) is 17.3. The fourth-order valence-electron chi connectivity index (χ4n) is 3.35. The van der Waals surface area contributed by atoms with Crippen molar-refractivity contribution in [2.24, 2.45) is 5.73 Å². The molecular formula is C17H18ClF6N5O. The van der Waals surface area contributed by atoms with Gasteiger partial charge in [0.15, 0.2) is 17.5 Å². The van der Waals surface area contributed by atoms with E-state index in [-0.39, 0.29) is 49.7 Å². The van der Waals surface area contributed by atoms with E-state index in [0.717, 1.165) is 4.57 Å². The molecule has 2 atom stereocenters. The molecule has 2 heterocycles. The number of halogens is 7. The molecule has 0 radical (unpaired) electrons. The van der Waals surface area contributed by atoms with Crippen molar-refractivity contribution in [3.05, 3.63) is 46.8 Å². The van der Waals surface area contributed by atoms with Crippen LogP contribution in [-0.2, 0) is 23.9 Å². The first kappa shape index (κ1) is 23.9. The number of aromatic nitrogens is 3. The van der Waals surface area contributed by atoms with Crippen molar-refractivity contribution in [2.75, 3.05) is 6.54 Å². The minimum Gasteiger partial charge on any atom is -0.331 e. The molecule has 0 spiro atoms. The number of hydrogen-bond donors (Lipinski definition) is 1. The minimum absolute atomic E-state index is 0. The van der Waals surface area contributed by atoms with E-state index in [1.54, 1.807) is 0 Å². The van der Waals surface area contributed by atoms with Gasteiger partial charge in [0, 0.05) is 31.6 Å². The Labute approximate surface area is 173 Å². The fourth-order valence-corrected chi connectivity index (χ4v) is 3.35. The second kappa shape index (κ2) is 8.80. The molecule has 1 aromatic heterocycles. The minimum atomic E-state index is -4.66. The van der Waals surface area contributed by atoms with Gasteiger partial charge in [-0.25, -0.2) is 13.2 Å². The highest BCUT2D eigenvalue weighted by atomic mass is 35.5. The molecule has 30 heavy (non-hydrogen) atoms. The van der Waals surface area contributed by atoms with Gasteiger partial charge in [0.25, 0.3) is 0 Å². The Bertz CT molecular complexity index is 934. The summed E-state index contributed by atoms with van der Waals surface area (Å²) in [5.74, 6) is -5.15. The Morgan fingerprint density at radius 1 is 1.17 bits per heavy atom. The predicted octanol–water partition coefficient (Wildman–Crippen LogP) is 3.00. The smallest absolute Gasteiger partial charge is 0.331 e. The molecule has 0 bridgehead atoms. The van der Waals surface area contributed by atoms with Crippen LogP contribution in [0.3, 0.4) is 0 Å². The van der Waals surface area contributed by atoms with Crippen LogP contribution in [0.15, 0.2) is 12.1 Å². The summed E-state index contributed by atoms with van der Waals surface area (Å²) < 4.78 is 79.8. The SMILES string of the molecule is C[C@@H]1c2nnc(C(F)(F)F)n2CCN1C(=O)C[C@H](N)Cc1cc(F)c(F)cc1F.Cl. The predicted molar refractivity (Wildman–Crippen MR) is 95.0 cm³/mol. The van der Waals surface area contributed by atoms with Gasteiger partial charge in [0.2, 0.25) is 11.7 Å². The summed E-state index contributed by atoms with van der Waals surface area (Å²) >= 11 is 0. The van der Waals surface area contributed by atoms with E-state index in [2.05, 4.69) is 10.2 Å². The lowest BCUT2D eigenvalue weighted by molar-refractivity contribution is -0.148. The van der Waals surface area contributed by atoms with Gasteiger partial charge >= 0.3 is 6.18 Å². The molecule has 1 aromatic carbocycles. The molecule has 0 aliphatic carbocycles. The van der Waals surface area contributed by atoms with Crippen LogP contribution in [0.4, 0.5) is 26.3 Å². The zero-order valence-corrected chi connectivity index (χ0v) is 16.4. The highest BCUT2D eigenvalue weighted by molar-refractivity contribution is 5.85. The maximum absolute atomic E-state index is 13.7. The monoisotopic (exact) mass is 457 g/mol. The molecule has 2 N–H and O–H groups in total. The van der Waals surface area contributed by atoms with E-state index in [0.29, 0.717) is 12.1 Å². The van der Waals surface area contributed by atoms with E-state index < -0.39 is 47.4 Å². The third kappa shape index (κ3) is 4.69.